The summed E-state index contributed by atoms with van der Waals surface area (Å²) in [4.78, 5) is 44.7. The van der Waals surface area contributed by atoms with Gasteiger partial charge < -0.3 is 19.4 Å². The summed E-state index contributed by atoms with van der Waals surface area (Å²) in [5.74, 6) is -0.516. The third kappa shape index (κ3) is 5.95. The maximum Gasteiger partial charge on any atom is 0.435 e. The quantitative estimate of drug-likeness (QED) is 0.344. The Balaban J connectivity index is 1.61. The van der Waals surface area contributed by atoms with Crippen molar-refractivity contribution >= 4 is 23.4 Å². The molecule has 3 amide bonds. The van der Waals surface area contributed by atoms with Gasteiger partial charge in [0.1, 0.15) is 11.4 Å². The molecule has 2 aromatic carbocycles. The van der Waals surface area contributed by atoms with E-state index in [0.29, 0.717) is 42.4 Å². The van der Waals surface area contributed by atoms with Crippen molar-refractivity contribution in [2.75, 3.05) is 45.7 Å². The molecule has 1 fully saturated rings. The lowest BCUT2D eigenvalue weighted by Crippen LogP contribution is -2.39. The highest BCUT2D eigenvalue weighted by molar-refractivity contribution is 6.08. The number of alkyl halides is 3. The van der Waals surface area contributed by atoms with Crippen LogP contribution in [0.5, 0.6) is 5.75 Å². The second kappa shape index (κ2) is 11.7. The molecular formula is C31H34F3N5O4. The standard InChI is InChI=1S/C31H34F3N5O4/c1-5-15-37(18-19-6-7-19)29(41)24-17-22(43-4)12-13-25(24)39-26-23(27(35-39)31(32,33)34)14-16-38(30(26)42)21-10-8-20(9-11-21)28(40)36(2)3/h8-13,17,19H,5-7,14-16,18H2,1-4H3. The van der Waals surface area contributed by atoms with Gasteiger partial charge in [-0.2, -0.15) is 18.3 Å². The van der Waals surface area contributed by atoms with Gasteiger partial charge in [0.25, 0.3) is 17.7 Å². The lowest BCUT2D eigenvalue weighted by molar-refractivity contribution is -0.141. The van der Waals surface area contributed by atoms with Gasteiger partial charge in [-0.1, -0.05) is 6.92 Å². The van der Waals surface area contributed by atoms with Gasteiger partial charge >= 0.3 is 6.18 Å². The number of hydrogen-bond acceptors (Lipinski definition) is 5. The number of carbonyl (C=O) groups excluding carboxylic acids is 3. The van der Waals surface area contributed by atoms with E-state index in [-0.39, 0.29) is 47.3 Å². The average molecular weight is 598 g/mol. The van der Waals surface area contributed by atoms with Gasteiger partial charge in [-0.25, -0.2) is 4.68 Å². The number of carbonyl (C=O) groups is 3. The fourth-order valence-electron chi connectivity index (χ4n) is 5.38. The van der Waals surface area contributed by atoms with Gasteiger partial charge in [-0.3, -0.25) is 14.4 Å². The predicted octanol–water partition coefficient (Wildman–Crippen LogP) is 5.07. The number of fused-ring (bicyclic) bond motifs is 1. The highest BCUT2D eigenvalue weighted by Crippen LogP contribution is 2.38. The first-order chi connectivity index (χ1) is 20.4. The minimum absolute atomic E-state index is 0.0123. The summed E-state index contributed by atoms with van der Waals surface area (Å²) in [5.41, 5.74) is -0.619. The molecule has 1 aromatic heterocycles. The van der Waals surface area contributed by atoms with Crippen molar-refractivity contribution in [2.24, 2.45) is 5.92 Å². The topological polar surface area (TPSA) is 88.0 Å². The van der Waals surface area contributed by atoms with E-state index in [0.717, 1.165) is 17.5 Å². The number of aromatic nitrogens is 2. The van der Waals surface area contributed by atoms with Gasteiger partial charge in [0.2, 0.25) is 0 Å². The Hall–Kier alpha value is -4.35. The minimum atomic E-state index is -4.82. The van der Waals surface area contributed by atoms with E-state index in [2.05, 4.69) is 5.10 Å². The molecule has 2 aliphatic rings. The maximum absolute atomic E-state index is 14.3. The van der Waals surface area contributed by atoms with Crippen LogP contribution >= 0.6 is 0 Å². The van der Waals surface area contributed by atoms with Crippen molar-refractivity contribution in [3.05, 3.63) is 70.5 Å². The normalized spacial score (nSPS) is 14.9. The molecule has 9 nitrogen and oxygen atoms in total. The molecule has 0 N–H and O–H groups in total. The van der Waals surface area contributed by atoms with Crippen molar-refractivity contribution < 1.29 is 32.3 Å². The van der Waals surface area contributed by atoms with Crippen LogP contribution in [0.15, 0.2) is 42.5 Å². The molecule has 0 bridgehead atoms. The lowest BCUT2D eigenvalue weighted by atomic mass is 10.0. The minimum Gasteiger partial charge on any atom is -0.497 e. The molecule has 228 valence electrons. The number of nitrogens with zero attached hydrogens (tertiary/aromatic N) is 5. The molecule has 1 aliphatic carbocycles. The van der Waals surface area contributed by atoms with Crippen LogP contribution in [-0.4, -0.2) is 78.1 Å². The Morgan fingerprint density at radius 2 is 1.77 bits per heavy atom. The number of ether oxygens (including phenoxy) is 1. The molecule has 0 unspecified atom stereocenters. The van der Waals surface area contributed by atoms with Gasteiger partial charge in [-0.15, -0.1) is 0 Å². The molecule has 0 spiro atoms. The number of amides is 3. The number of rotatable bonds is 9. The molecule has 12 heteroatoms. The summed E-state index contributed by atoms with van der Waals surface area (Å²) in [5, 5.41) is 3.93. The van der Waals surface area contributed by atoms with Crippen LogP contribution in [0.2, 0.25) is 0 Å². The number of methoxy groups -OCH3 is 1. The molecule has 3 aromatic rings. The first-order valence-electron chi connectivity index (χ1n) is 14.2. The molecule has 43 heavy (non-hydrogen) atoms. The maximum atomic E-state index is 14.3. The summed E-state index contributed by atoms with van der Waals surface area (Å²) >= 11 is 0. The van der Waals surface area contributed by atoms with E-state index in [9.17, 15) is 27.6 Å². The Bertz CT molecular complexity index is 1540. The fraction of sp³-hybridized carbons (Fsp3) is 0.419. The summed E-state index contributed by atoms with van der Waals surface area (Å²) in [6.45, 7) is 2.97. The Morgan fingerprint density at radius 3 is 2.35 bits per heavy atom. The molecule has 0 radical (unpaired) electrons. The number of anilines is 1. The first kappa shape index (κ1) is 30.1. The Kier molecular flexibility index (Phi) is 8.22. The third-order valence-electron chi connectivity index (χ3n) is 7.74. The highest BCUT2D eigenvalue weighted by Gasteiger charge is 2.44. The van der Waals surface area contributed by atoms with E-state index in [1.54, 1.807) is 43.3 Å². The van der Waals surface area contributed by atoms with Crippen LogP contribution in [0.1, 0.15) is 68.6 Å². The van der Waals surface area contributed by atoms with Gasteiger partial charge in [0.05, 0.1) is 18.4 Å². The van der Waals surface area contributed by atoms with Crippen LogP contribution in [0.3, 0.4) is 0 Å². The van der Waals surface area contributed by atoms with Crippen LogP contribution in [0.25, 0.3) is 5.69 Å². The summed E-state index contributed by atoms with van der Waals surface area (Å²) in [6, 6.07) is 10.8. The fourth-order valence-corrected chi connectivity index (χ4v) is 5.38. The Labute approximate surface area is 247 Å². The SMILES string of the molecule is CCCN(CC1CC1)C(=O)c1cc(OC)ccc1-n1nc(C(F)(F)F)c2c1C(=O)N(c1ccc(C(=O)N(C)C)cc1)CC2. The molecule has 0 atom stereocenters. The second-order valence-electron chi connectivity index (χ2n) is 11.1. The van der Waals surface area contributed by atoms with Crippen LogP contribution in [0.4, 0.5) is 18.9 Å². The van der Waals surface area contributed by atoms with Crippen molar-refractivity contribution in [1.82, 2.24) is 19.6 Å². The van der Waals surface area contributed by atoms with E-state index >= 15 is 0 Å². The smallest absolute Gasteiger partial charge is 0.435 e. The number of benzene rings is 2. The van der Waals surface area contributed by atoms with Crippen molar-refractivity contribution in [3.8, 4) is 11.4 Å². The number of halogens is 3. The Morgan fingerprint density at radius 1 is 1.07 bits per heavy atom. The van der Waals surface area contributed by atoms with Gasteiger partial charge in [-0.05, 0) is 74.1 Å². The summed E-state index contributed by atoms with van der Waals surface area (Å²) in [7, 11) is 4.68. The number of hydrogen-bond donors (Lipinski definition) is 0. The lowest BCUT2D eigenvalue weighted by Gasteiger charge is -2.28. The highest BCUT2D eigenvalue weighted by atomic mass is 19.4. The second-order valence-corrected chi connectivity index (χ2v) is 11.1. The average Bonchev–Trinajstić information content (AvgIpc) is 3.71. The van der Waals surface area contributed by atoms with Crippen molar-refractivity contribution in [1.29, 1.82) is 0 Å². The van der Waals surface area contributed by atoms with Gasteiger partial charge in [0, 0.05) is 50.5 Å². The van der Waals surface area contributed by atoms with Crippen LogP contribution in [-0.2, 0) is 12.6 Å². The van der Waals surface area contributed by atoms with Gasteiger partial charge in [0.15, 0.2) is 5.69 Å². The molecule has 1 saturated carbocycles. The molecule has 1 aliphatic heterocycles. The van der Waals surface area contributed by atoms with E-state index in [1.807, 2.05) is 6.92 Å². The van der Waals surface area contributed by atoms with Crippen LogP contribution < -0.4 is 9.64 Å². The largest absolute Gasteiger partial charge is 0.497 e. The molecule has 5 rings (SSSR count). The zero-order valence-electron chi connectivity index (χ0n) is 24.6. The molecule has 0 saturated heterocycles. The van der Waals surface area contributed by atoms with E-state index in [1.165, 1.54) is 35.1 Å². The predicted molar refractivity (Wildman–Crippen MR) is 154 cm³/mol. The molecular weight excluding hydrogens is 563 g/mol. The zero-order chi connectivity index (χ0) is 31.1. The van der Waals surface area contributed by atoms with E-state index in [4.69, 9.17) is 4.74 Å². The summed E-state index contributed by atoms with van der Waals surface area (Å²) < 4.78 is 49.1. The first-order valence-corrected chi connectivity index (χ1v) is 14.2. The monoisotopic (exact) mass is 597 g/mol. The molecule has 2 heterocycles. The van der Waals surface area contributed by atoms with E-state index < -0.39 is 17.8 Å². The van der Waals surface area contributed by atoms with Crippen molar-refractivity contribution in [3.63, 3.8) is 0 Å². The zero-order valence-corrected chi connectivity index (χ0v) is 24.6. The summed E-state index contributed by atoms with van der Waals surface area (Å²) in [6.07, 6.45) is -2.16. The third-order valence-corrected chi connectivity index (χ3v) is 7.74. The van der Waals surface area contributed by atoms with Crippen molar-refractivity contribution in [2.45, 2.75) is 38.8 Å². The van der Waals surface area contributed by atoms with Crippen LogP contribution in [0, 0.1) is 5.92 Å².